The first kappa shape index (κ1) is 41.3. The highest BCUT2D eigenvalue weighted by atomic mass is 32.1. The monoisotopic (exact) mass is 822 g/mol. The number of hydrogen-bond donors (Lipinski definition) is 2. The summed E-state index contributed by atoms with van der Waals surface area (Å²) in [4.78, 5) is 23.4. The average molecular weight is 823 g/mol. The number of carbonyl (C=O) groups is 1. The van der Waals surface area contributed by atoms with E-state index in [4.69, 9.17) is 19.9 Å². The molecule has 2 aromatic heterocycles. The first-order valence-electron chi connectivity index (χ1n) is 19.7. The molecule has 0 aliphatic heterocycles. The van der Waals surface area contributed by atoms with Crippen molar-refractivity contribution in [2.75, 3.05) is 13.7 Å². The fourth-order valence-electron chi connectivity index (χ4n) is 7.60. The van der Waals surface area contributed by atoms with E-state index in [1.165, 1.54) is 29.4 Å². The molecular weight excluding hydrogens is 777 g/mol. The van der Waals surface area contributed by atoms with Gasteiger partial charge >= 0.3 is 0 Å². The molecule has 2 heterocycles. The van der Waals surface area contributed by atoms with Gasteiger partial charge in [0.1, 0.15) is 40.3 Å². The van der Waals surface area contributed by atoms with Gasteiger partial charge in [0.15, 0.2) is 0 Å². The van der Waals surface area contributed by atoms with Gasteiger partial charge in [-0.05, 0) is 123 Å². The molecule has 300 valence electrons. The number of carbonyl (C=O) groups excluding carboxylic acids is 1. The average Bonchev–Trinajstić information content (AvgIpc) is 4.06. The number of ether oxygens (including phenoxy) is 3. The van der Waals surface area contributed by atoms with Gasteiger partial charge in [-0.2, -0.15) is 10.5 Å². The Morgan fingerprint density at radius 3 is 1.80 bits per heavy atom. The maximum absolute atomic E-state index is 12.0. The van der Waals surface area contributed by atoms with E-state index in [1.54, 1.807) is 22.7 Å². The maximum atomic E-state index is 12.0. The van der Waals surface area contributed by atoms with Crippen molar-refractivity contribution in [1.82, 2.24) is 15.3 Å². The molecule has 2 aliphatic carbocycles. The Morgan fingerprint density at radius 1 is 0.780 bits per heavy atom. The van der Waals surface area contributed by atoms with Gasteiger partial charge in [-0.25, -0.2) is 9.97 Å². The van der Waals surface area contributed by atoms with Gasteiger partial charge in [0, 0.05) is 36.7 Å². The minimum Gasteiger partial charge on any atom is -0.490 e. The molecule has 4 aromatic carbocycles. The highest BCUT2D eigenvalue weighted by Crippen LogP contribution is 2.42. The smallest absolute Gasteiger partial charge is 0.246 e. The fourth-order valence-corrected chi connectivity index (χ4v) is 9.53. The zero-order valence-corrected chi connectivity index (χ0v) is 35.4. The Balaban J connectivity index is 0.000000181. The summed E-state index contributed by atoms with van der Waals surface area (Å²) in [6.07, 6.45) is 7.62. The summed E-state index contributed by atoms with van der Waals surface area (Å²) < 4.78 is 16.4. The predicted octanol–water partition coefficient (Wildman–Crippen LogP) is 9.97. The van der Waals surface area contributed by atoms with E-state index < -0.39 is 0 Å². The summed E-state index contributed by atoms with van der Waals surface area (Å²) in [5.74, 6) is 1.10. The molecule has 0 radical (unpaired) electrons. The van der Waals surface area contributed by atoms with Crippen LogP contribution in [0.25, 0.3) is 42.0 Å². The van der Waals surface area contributed by atoms with E-state index in [0.29, 0.717) is 22.6 Å². The number of aromatic nitrogens is 2. The molecule has 0 saturated carbocycles. The van der Waals surface area contributed by atoms with E-state index >= 15 is 0 Å². The second-order valence-corrected chi connectivity index (χ2v) is 17.1. The first-order valence-corrected chi connectivity index (χ1v) is 21.3. The third-order valence-corrected chi connectivity index (χ3v) is 12.3. The molecule has 0 saturated heterocycles. The molecule has 12 heteroatoms. The van der Waals surface area contributed by atoms with Crippen molar-refractivity contribution in [1.29, 1.82) is 10.5 Å². The Morgan fingerprint density at radius 2 is 1.29 bits per heavy atom. The minimum absolute atomic E-state index is 0.00250. The van der Waals surface area contributed by atoms with Crippen LogP contribution in [0.4, 0.5) is 0 Å². The third kappa shape index (κ3) is 9.22. The molecule has 8 rings (SSSR count). The van der Waals surface area contributed by atoms with Crippen LogP contribution in [0, 0.1) is 22.7 Å². The second-order valence-electron chi connectivity index (χ2n) is 15.0. The molecule has 0 bridgehead atoms. The van der Waals surface area contributed by atoms with Crippen molar-refractivity contribution < 1.29 is 19.0 Å². The highest BCUT2D eigenvalue weighted by molar-refractivity contribution is 7.18. The third-order valence-electron chi connectivity index (χ3n) is 10.2. The number of amides is 1. The first-order chi connectivity index (χ1) is 28.6. The van der Waals surface area contributed by atoms with Crippen molar-refractivity contribution in [3.05, 3.63) is 119 Å². The Kier molecular flexibility index (Phi) is 12.8. The molecule has 0 spiro atoms. The van der Waals surface area contributed by atoms with Gasteiger partial charge in [-0.3, -0.25) is 4.79 Å². The van der Waals surface area contributed by atoms with E-state index in [-0.39, 0.29) is 36.8 Å². The van der Waals surface area contributed by atoms with Crippen LogP contribution in [0.2, 0.25) is 0 Å². The number of fused-ring (bicyclic) bond motifs is 2. The quantitative estimate of drug-likeness (QED) is 0.130. The number of nitrogens with zero attached hydrogens (tertiary/aromatic N) is 4. The van der Waals surface area contributed by atoms with E-state index in [9.17, 15) is 15.3 Å². The van der Waals surface area contributed by atoms with Gasteiger partial charge < -0.3 is 25.3 Å². The Labute approximate surface area is 353 Å². The summed E-state index contributed by atoms with van der Waals surface area (Å²) in [5, 5.41) is 23.8. The number of nitrogens with one attached hydrogen (secondary N) is 1. The van der Waals surface area contributed by atoms with Crippen LogP contribution in [0.5, 0.6) is 11.5 Å². The number of nitrogens with two attached hydrogens (primary N) is 1. The largest absolute Gasteiger partial charge is 0.490 e. The van der Waals surface area contributed by atoms with Crippen LogP contribution < -0.4 is 20.5 Å². The number of hydrogen-bond acceptors (Lipinski definition) is 11. The fraction of sp³-hybridized carbons (Fsp3) is 0.298. The van der Waals surface area contributed by atoms with Gasteiger partial charge in [-0.15, -0.1) is 22.7 Å². The predicted molar refractivity (Wildman–Crippen MR) is 233 cm³/mol. The Hall–Kier alpha value is -5.89. The highest BCUT2D eigenvalue weighted by Gasteiger charge is 2.27. The van der Waals surface area contributed by atoms with Gasteiger partial charge in [0.25, 0.3) is 0 Å². The van der Waals surface area contributed by atoms with Gasteiger partial charge in [0.05, 0.1) is 39.1 Å². The molecule has 59 heavy (non-hydrogen) atoms. The SMILES string of the molecule is CC(C)Oc1ccc(-c2ncc(-c3cccc4c3CC[C@@H]4N)s2)cc1C#N.COCC(=O)N[C@H]1CCc2c(-c3cnc(-c4ccc(OC(C)C)c(C#N)c4)s3)cccc21. The topological polar surface area (TPSA) is 156 Å². The van der Waals surface area contributed by atoms with Crippen LogP contribution in [0.15, 0.2) is 85.2 Å². The number of benzene rings is 4. The van der Waals surface area contributed by atoms with Crippen molar-refractivity contribution in [2.45, 2.75) is 77.7 Å². The summed E-state index contributed by atoms with van der Waals surface area (Å²) in [6.45, 7) is 7.84. The number of nitriles is 2. The molecule has 1 amide bonds. The van der Waals surface area contributed by atoms with Crippen molar-refractivity contribution in [3.63, 3.8) is 0 Å². The molecule has 0 unspecified atom stereocenters. The van der Waals surface area contributed by atoms with Crippen LogP contribution in [-0.2, 0) is 22.4 Å². The second kappa shape index (κ2) is 18.4. The zero-order chi connectivity index (χ0) is 41.6. The lowest BCUT2D eigenvalue weighted by molar-refractivity contribution is -0.125. The van der Waals surface area contributed by atoms with Crippen LogP contribution in [0.3, 0.4) is 0 Å². The molecular formula is C47H46N6O4S2. The molecule has 2 atom stereocenters. The molecule has 6 aromatic rings. The van der Waals surface area contributed by atoms with Gasteiger partial charge in [-0.1, -0.05) is 36.4 Å². The van der Waals surface area contributed by atoms with E-state index in [1.807, 2.05) is 82.6 Å². The van der Waals surface area contributed by atoms with Crippen molar-refractivity contribution in [3.8, 4) is 65.7 Å². The van der Waals surface area contributed by atoms with Crippen LogP contribution in [0.1, 0.15) is 86.0 Å². The summed E-state index contributed by atoms with van der Waals surface area (Å²) in [7, 11) is 1.52. The molecule has 3 N–H and O–H groups in total. The summed E-state index contributed by atoms with van der Waals surface area (Å²) in [5.41, 5.74) is 16.5. The maximum Gasteiger partial charge on any atom is 0.246 e. The lowest BCUT2D eigenvalue weighted by atomic mass is 10.0. The molecule has 10 nitrogen and oxygen atoms in total. The van der Waals surface area contributed by atoms with Crippen LogP contribution in [-0.4, -0.2) is 41.8 Å². The standard InChI is InChI=1S/C25H25N3O3S.C22H21N3OS/c1-15(2)31-22-10-7-16(11-17(22)12-26)25-27-13-23(32-25)20-6-4-5-19-18(20)8-9-21(19)28-24(29)14-30-3;1-13(2)26-20-9-6-14(10-15(20)11-23)22-25-12-21(27-22)18-5-3-4-17-16(18)7-8-19(17)24/h4-7,10-11,13,15,21H,8-9,14H2,1-3H3,(H,28,29);3-6,9-10,12-13,19H,7-8,24H2,1-2H3/t21-;19-/m00/s1. The van der Waals surface area contributed by atoms with Gasteiger partial charge in [0.2, 0.25) is 5.91 Å². The zero-order valence-electron chi connectivity index (χ0n) is 33.7. The minimum atomic E-state index is -0.103. The lowest BCUT2D eigenvalue weighted by Crippen LogP contribution is -2.30. The summed E-state index contributed by atoms with van der Waals surface area (Å²) in [6, 6.07) is 28.4. The lowest BCUT2D eigenvalue weighted by Gasteiger charge is -2.14. The number of thiazole rings is 2. The number of rotatable bonds is 11. The molecule has 0 fully saturated rings. The van der Waals surface area contributed by atoms with Crippen molar-refractivity contribution in [2.24, 2.45) is 5.73 Å². The Bertz CT molecular complexity index is 2560. The van der Waals surface area contributed by atoms with Crippen LogP contribution >= 0.6 is 22.7 Å². The van der Waals surface area contributed by atoms with E-state index in [2.05, 4.69) is 57.8 Å². The van der Waals surface area contributed by atoms with E-state index in [0.717, 1.165) is 67.7 Å². The number of methoxy groups -OCH3 is 1. The normalized spacial score (nSPS) is 15.2. The van der Waals surface area contributed by atoms with Crippen molar-refractivity contribution >= 4 is 28.6 Å². The summed E-state index contributed by atoms with van der Waals surface area (Å²) >= 11 is 3.24. The molecule has 2 aliphatic rings.